The van der Waals surface area contributed by atoms with Crippen molar-refractivity contribution < 1.29 is 14.2 Å². The Morgan fingerprint density at radius 1 is 1.45 bits per heavy atom. The van der Waals surface area contributed by atoms with E-state index in [0.717, 1.165) is 0 Å². The minimum Gasteiger partial charge on any atom is -0.501 e. The molecule has 0 radical (unpaired) electrons. The topological polar surface area (TPSA) is 53.7 Å². The molecule has 0 amide bonds. The molecule has 2 N–H and O–H groups in total. The molecular formula is C6H15NO3Si. The SMILES string of the molecule is COC=C(OC)C(N)([SiH3])OC. The van der Waals surface area contributed by atoms with Gasteiger partial charge in [0.1, 0.15) is 6.26 Å². The van der Waals surface area contributed by atoms with E-state index in [-0.39, 0.29) is 0 Å². The number of nitrogens with two attached hydrogens (primary N) is 1. The average Bonchev–Trinajstić information content (AvgIpc) is 2.00. The molecule has 0 spiro atoms. The summed E-state index contributed by atoms with van der Waals surface area (Å²) in [6.45, 7) is 0. The van der Waals surface area contributed by atoms with Crippen molar-refractivity contribution in [1.29, 1.82) is 0 Å². The molecule has 4 nitrogen and oxygen atoms in total. The van der Waals surface area contributed by atoms with Crippen LogP contribution in [0.5, 0.6) is 0 Å². The summed E-state index contributed by atoms with van der Waals surface area (Å²) in [5, 5.41) is -0.787. The van der Waals surface area contributed by atoms with E-state index in [1.165, 1.54) is 27.6 Å². The van der Waals surface area contributed by atoms with Crippen molar-refractivity contribution in [3.8, 4) is 0 Å². The van der Waals surface area contributed by atoms with Crippen molar-refractivity contribution >= 4 is 10.2 Å². The van der Waals surface area contributed by atoms with E-state index in [1.807, 2.05) is 0 Å². The highest BCUT2D eigenvalue weighted by atomic mass is 28.1. The van der Waals surface area contributed by atoms with Gasteiger partial charge >= 0.3 is 0 Å². The Balaban J connectivity index is 4.36. The number of ether oxygens (including phenoxy) is 3. The van der Waals surface area contributed by atoms with E-state index in [9.17, 15) is 0 Å². The maximum atomic E-state index is 5.72. The molecule has 5 heteroatoms. The maximum absolute atomic E-state index is 5.72. The van der Waals surface area contributed by atoms with Gasteiger partial charge in [-0.2, -0.15) is 0 Å². The van der Waals surface area contributed by atoms with E-state index in [0.29, 0.717) is 16.0 Å². The van der Waals surface area contributed by atoms with E-state index < -0.39 is 5.35 Å². The van der Waals surface area contributed by atoms with Gasteiger partial charge in [-0.3, -0.25) is 0 Å². The molecule has 0 saturated carbocycles. The molecule has 0 rings (SSSR count). The fourth-order valence-electron chi connectivity index (χ4n) is 0.575. The Morgan fingerprint density at radius 3 is 2.27 bits per heavy atom. The minimum absolute atomic E-state index is 0.508. The van der Waals surface area contributed by atoms with Crippen LogP contribution in [-0.2, 0) is 14.2 Å². The first-order chi connectivity index (χ1) is 5.08. The minimum atomic E-state index is -0.787. The number of rotatable bonds is 4. The summed E-state index contributed by atoms with van der Waals surface area (Å²) in [5.41, 5.74) is 5.72. The van der Waals surface area contributed by atoms with Crippen molar-refractivity contribution in [3.05, 3.63) is 12.0 Å². The fourth-order valence-corrected chi connectivity index (χ4v) is 0.897. The first-order valence-corrected chi connectivity index (χ1v) is 4.20. The van der Waals surface area contributed by atoms with Gasteiger partial charge in [-0.15, -0.1) is 0 Å². The summed E-state index contributed by atoms with van der Waals surface area (Å²) in [6.07, 6.45) is 1.44. The summed E-state index contributed by atoms with van der Waals surface area (Å²) in [5.74, 6) is 0.508. The average molecular weight is 177 g/mol. The second kappa shape index (κ2) is 4.37. The molecule has 0 aromatic heterocycles. The van der Waals surface area contributed by atoms with Crippen LogP contribution < -0.4 is 5.73 Å². The summed E-state index contributed by atoms with van der Waals surface area (Å²) >= 11 is 0. The van der Waals surface area contributed by atoms with Crippen LogP contribution in [0.4, 0.5) is 0 Å². The summed E-state index contributed by atoms with van der Waals surface area (Å²) < 4.78 is 14.7. The molecule has 0 saturated heterocycles. The number of hydrogen-bond donors (Lipinski definition) is 1. The van der Waals surface area contributed by atoms with Crippen LogP contribution in [0.3, 0.4) is 0 Å². The summed E-state index contributed by atoms with van der Waals surface area (Å²) in [6, 6.07) is 0. The van der Waals surface area contributed by atoms with E-state index in [2.05, 4.69) is 0 Å². The molecule has 0 aromatic rings. The molecule has 0 aliphatic heterocycles. The molecule has 1 unspecified atom stereocenters. The summed E-state index contributed by atoms with van der Waals surface area (Å²) in [7, 11) is 5.24. The number of methoxy groups -OCH3 is 3. The quantitative estimate of drug-likeness (QED) is 0.331. The van der Waals surface area contributed by atoms with Gasteiger partial charge in [0.15, 0.2) is 11.1 Å². The standard InChI is InChI=1S/C6H15NO3Si/c1-8-4-5(9-2)6(7,11)10-3/h4H,7H2,1-3,11H3. The molecule has 0 aromatic carbocycles. The van der Waals surface area contributed by atoms with E-state index in [4.69, 9.17) is 19.9 Å². The van der Waals surface area contributed by atoms with E-state index >= 15 is 0 Å². The monoisotopic (exact) mass is 177 g/mol. The first kappa shape index (κ1) is 10.5. The van der Waals surface area contributed by atoms with Crippen molar-refractivity contribution in [1.82, 2.24) is 0 Å². The van der Waals surface area contributed by atoms with Gasteiger partial charge in [0.25, 0.3) is 0 Å². The second-order valence-corrected chi connectivity index (χ2v) is 3.72. The van der Waals surface area contributed by atoms with Crippen LogP contribution in [0.1, 0.15) is 0 Å². The maximum Gasteiger partial charge on any atom is 0.171 e. The zero-order valence-electron chi connectivity index (χ0n) is 7.38. The van der Waals surface area contributed by atoms with Gasteiger partial charge in [-0.1, -0.05) is 0 Å². The van der Waals surface area contributed by atoms with Crippen LogP contribution in [-0.4, -0.2) is 36.9 Å². The number of hydrogen-bond acceptors (Lipinski definition) is 4. The van der Waals surface area contributed by atoms with E-state index in [1.54, 1.807) is 0 Å². The van der Waals surface area contributed by atoms with Gasteiger partial charge in [0, 0.05) is 7.11 Å². The van der Waals surface area contributed by atoms with Crippen LogP contribution in [0.2, 0.25) is 0 Å². The summed E-state index contributed by atoms with van der Waals surface area (Å²) in [4.78, 5) is 0. The van der Waals surface area contributed by atoms with Gasteiger partial charge in [0.2, 0.25) is 0 Å². The molecule has 0 aliphatic rings. The molecule has 11 heavy (non-hydrogen) atoms. The largest absolute Gasteiger partial charge is 0.501 e. The molecular weight excluding hydrogens is 162 g/mol. The van der Waals surface area contributed by atoms with Crippen LogP contribution in [0, 0.1) is 0 Å². The Morgan fingerprint density at radius 2 is 2.00 bits per heavy atom. The zero-order valence-corrected chi connectivity index (χ0v) is 9.38. The van der Waals surface area contributed by atoms with Crippen LogP contribution >= 0.6 is 0 Å². The van der Waals surface area contributed by atoms with Gasteiger partial charge in [-0.05, 0) is 0 Å². The van der Waals surface area contributed by atoms with Crippen molar-refractivity contribution in [3.63, 3.8) is 0 Å². The zero-order chi connectivity index (χ0) is 8.91. The third kappa shape index (κ3) is 2.92. The van der Waals surface area contributed by atoms with Crippen LogP contribution in [0.15, 0.2) is 12.0 Å². The molecule has 0 bridgehead atoms. The van der Waals surface area contributed by atoms with Crippen molar-refractivity contribution in [2.45, 2.75) is 5.35 Å². The lowest BCUT2D eigenvalue weighted by atomic mass is 10.5. The molecule has 66 valence electrons. The van der Waals surface area contributed by atoms with Gasteiger partial charge in [-0.25, -0.2) is 0 Å². The van der Waals surface area contributed by atoms with Gasteiger partial charge < -0.3 is 19.9 Å². The Hall–Kier alpha value is -0.523. The Labute approximate surface area is 69.7 Å². The highest BCUT2D eigenvalue weighted by Gasteiger charge is 2.24. The molecule has 0 heterocycles. The third-order valence-electron chi connectivity index (χ3n) is 1.36. The van der Waals surface area contributed by atoms with Gasteiger partial charge in [0.05, 0.1) is 24.5 Å². The predicted octanol–water partition coefficient (Wildman–Crippen LogP) is -1.26. The highest BCUT2D eigenvalue weighted by molar-refractivity contribution is 6.15. The third-order valence-corrected chi connectivity index (χ3v) is 2.26. The first-order valence-electron chi connectivity index (χ1n) is 3.20. The molecule has 0 fully saturated rings. The lowest BCUT2D eigenvalue weighted by Gasteiger charge is -2.24. The lowest BCUT2D eigenvalue weighted by Crippen LogP contribution is -2.45. The van der Waals surface area contributed by atoms with Crippen LogP contribution in [0.25, 0.3) is 0 Å². The van der Waals surface area contributed by atoms with Crippen molar-refractivity contribution in [2.24, 2.45) is 5.73 Å². The predicted molar refractivity (Wildman–Crippen MR) is 46.0 cm³/mol. The Bertz CT molecular complexity index is 147. The second-order valence-electron chi connectivity index (χ2n) is 2.23. The molecule has 0 aliphatic carbocycles. The Kier molecular flexibility index (Phi) is 4.17. The molecule has 1 atom stereocenters. The smallest absolute Gasteiger partial charge is 0.171 e. The normalized spacial score (nSPS) is 17.6. The highest BCUT2D eigenvalue weighted by Crippen LogP contribution is 2.10. The lowest BCUT2D eigenvalue weighted by molar-refractivity contribution is 0.0436. The van der Waals surface area contributed by atoms with Crippen molar-refractivity contribution in [2.75, 3.05) is 21.3 Å². The fraction of sp³-hybridized carbons (Fsp3) is 0.667.